The number of amides is 2. The van der Waals surface area contributed by atoms with Crippen molar-refractivity contribution in [2.24, 2.45) is 13.0 Å². The van der Waals surface area contributed by atoms with Crippen molar-refractivity contribution < 1.29 is 14.7 Å². The van der Waals surface area contributed by atoms with Crippen molar-refractivity contribution >= 4 is 12.0 Å². The Morgan fingerprint density at radius 1 is 1.47 bits per heavy atom. The number of carboxylic acids is 1. The Morgan fingerprint density at radius 2 is 2.21 bits per heavy atom. The SMILES string of the molecule is CCC(CNC(=O)NCc1nncn1C)CC(=O)O. The normalized spacial score (nSPS) is 11.9. The van der Waals surface area contributed by atoms with E-state index in [-0.39, 0.29) is 24.9 Å². The number of carbonyl (C=O) groups is 2. The molecule has 8 heteroatoms. The van der Waals surface area contributed by atoms with Crippen molar-refractivity contribution in [1.29, 1.82) is 0 Å². The average Bonchev–Trinajstić information content (AvgIpc) is 2.77. The van der Waals surface area contributed by atoms with E-state index in [9.17, 15) is 9.59 Å². The van der Waals surface area contributed by atoms with Gasteiger partial charge in [-0.2, -0.15) is 0 Å². The molecule has 0 saturated heterocycles. The number of carbonyl (C=O) groups excluding carboxylic acids is 1. The third kappa shape index (κ3) is 5.36. The molecule has 3 N–H and O–H groups in total. The van der Waals surface area contributed by atoms with Crippen molar-refractivity contribution in [3.8, 4) is 0 Å². The minimum absolute atomic E-state index is 0.0556. The first kappa shape index (κ1) is 14.9. The molecule has 0 radical (unpaired) electrons. The van der Waals surface area contributed by atoms with Crippen molar-refractivity contribution in [2.75, 3.05) is 6.54 Å². The van der Waals surface area contributed by atoms with Crippen LogP contribution in [0.5, 0.6) is 0 Å². The lowest BCUT2D eigenvalue weighted by Gasteiger charge is -2.13. The highest BCUT2D eigenvalue weighted by Crippen LogP contribution is 2.06. The fourth-order valence-electron chi connectivity index (χ4n) is 1.53. The molecule has 1 atom stereocenters. The quantitative estimate of drug-likeness (QED) is 0.651. The maximum atomic E-state index is 11.5. The number of aromatic nitrogens is 3. The second-order valence-corrected chi connectivity index (χ2v) is 4.29. The van der Waals surface area contributed by atoms with Crippen LogP contribution in [0.25, 0.3) is 0 Å². The van der Waals surface area contributed by atoms with Gasteiger partial charge in [0.25, 0.3) is 0 Å². The number of hydrogen-bond donors (Lipinski definition) is 3. The molecule has 0 aliphatic carbocycles. The predicted molar refractivity (Wildman–Crippen MR) is 67.3 cm³/mol. The Balaban J connectivity index is 2.27. The van der Waals surface area contributed by atoms with E-state index in [4.69, 9.17) is 5.11 Å². The summed E-state index contributed by atoms with van der Waals surface area (Å²) in [6, 6.07) is -0.341. The van der Waals surface area contributed by atoms with Gasteiger partial charge in [-0.25, -0.2) is 4.79 Å². The summed E-state index contributed by atoms with van der Waals surface area (Å²) >= 11 is 0. The first-order valence-electron chi connectivity index (χ1n) is 6.09. The Kier molecular flexibility index (Phi) is 5.77. The van der Waals surface area contributed by atoms with Gasteiger partial charge in [-0.15, -0.1) is 10.2 Å². The van der Waals surface area contributed by atoms with Crippen LogP contribution in [-0.4, -0.2) is 38.4 Å². The number of carboxylic acid groups (broad SMARTS) is 1. The smallest absolute Gasteiger partial charge is 0.315 e. The molecule has 1 rings (SSSR count). The number of rotatable bonds is 7. The first-order valence-corrected chi connectivity index (χ1v) is 6.09. The molecular formula is C11H19N5O3. The van der Waals surface area contributed by atoms with Crippen LogP contribution in [0.2, 0.25) is 0 Å². The topological polar surface area (TPSA) is 109 Å². The van der Waals surface area contributed by atoms with Crippen molar-refractivity contribution in [3.05, 3.63) is 12.2 Å². The van der Waals surface area contributed by atoms with E-state index in [1.54, 1.807) is 17.9 Å². The van der Waals surface area contributed by atoms with Gasteiger partial charge in [0.05, 0.1) is 6.54 Å². The molecular weight excluding hydrogens is 250 g/mol. The van der Waals surface area contributed by atoms with Crippen LogP contribution >= 0.6 is 0 Å². The van der Waals surface area contributed by atoms with Crippen molar-refractivity contribution in [1.82, 2.24) is 25.4 Å². The molecule has 0 saturated carbocycles. The zero-order valence-electron chi connectivity index (χ0n) is 11.1. The summed E-state index contributed by atoms with van der Waals surface area (Å²) < 4.78 is 1.71. The fourth-order valence-corrected chi connectivity index (χ4v) is 1.53. The molecule has 0 aromatic carbocycles. The van der Waals surface area contributed by atoms with Crippen LogP contribution in [-0.2, 0) is 18.4 Å². The highest BCUT2D eigenvalue weighted by atomic mass is 16.4. The van der Waals surface area contributed by atoms with Gasteiger partial charge in [0, 0.05) is 20.0 Å². The van der Waals surface area contributed by atoms with E-state index >= 15 is 0 Å². The number of nitrogens with one attached hydrogen (secondary N) is 2. The summed E-state index contributed by atoms with van der Waals surface area (Å²) in [7, 11) is 1.79. The highest BCUT2D eigenvalue weighted by molar-refractivity contribution is 5.73. The molecule has 0 fully saturated rings. The lowest BCUT2D eigenvalue weighted by Crippen LogP contribution is -2.38. The molecule has 1 aromatic heterocycles. The van der Waals surface area contributed by atoms with Gasteiger partial charge < -0.3 is 20.3 Å². The third-order valence-electron chi connectivity index (χ3n) is 2.80. The monoisotopic (exact) mass is 269 g/mol. The second-order valence-electron chi connectivity index (χ2n) is 4.29. The molecule has 1 unspecified atom stereocenters. The molecule has 19 heavy (non-hydrogen) atoms. The van der Waals surface area contributed by atoms with Gasteiger partial charge in [0.15, 0.2) is 5.82 Å². The maximum Gasteiger partial charge on any atom is 0.315 e. The highest BCUT2D eigenvalue weighted by Gasteiger charge is 2.12. The van der Waals surface area contributed by atoms with Gasteiger partial charge in [-0.05, 0) is 5.92 Å². The molecule has 0 bridgehead atoms. The molecule has 2 amide bonds. The summed E-state index contributed by atoms with van der Waals surface area (Å²) in [6.45, 7) is 2.51. The third-order valence-corrected chi connectivity index (χ3v) is 2.80. The molecule has 0 aliphatic rings. The Labute approximate surface area is 111 Å². The predicted octanol–water partition coefficient (Wildman–Crippen LogP) is 0.115. The van der Waals surface area contributed by atoms with E-state index in [0.717, 1.165) is 0 Å². The van der Waals surface area contributed by atoms with Gasteiger partial charge in [0.1, 0.15) is 6.33 Å². The number of nitrogens with zero attached hydrogens (tertiary/aromatic N) is 3. The van der Waals surface area contributed by atoms with Crippen LogP contribution < -0.4 is 10.6 Å². The summed E-state index contributed by atoms with van der Waals surface area (Å²) in [6.07, 6.45) is 2.31. The minimum Gasteiger partial charge on any atom is -0.481 e. The standard InChI is InChI=1S/C11H19N5O3/c1-3-8(4-10(17)18)5-12-11(19)13-6-9-15-14-7-16(9)2/h7-8H,3-6H2,1-2H3,(H,17,18)(H2,12,13,19). The van der Waals surface area contributed by atoms with Crippen molar-refractivity contribution in [2.45, 2.75) is 26.3 Å². The van der Waals surface area contributed by atoms with Crippen LogP contribution in [0.4, 0.5) is 4.79 Å². The summed E-state index contributed by atoms with van der Waals surface area (Å²) in [5.41, 5.74) is 0. The Bertz CT molecular complexity index is 432. The van der Waals surface area contributed by atoms with Gasteiger partial charge in [-0.3, -0.25) is 4.79 Å². The minimum atomic E-state index is -0.854. The van der Waals surface area contributed by atoms with Crippen LogP contribution in [0, 0.1) is 5.92 Å². The largest absolute Gasteiger partial charge is 0.481 e. The molecule has 1 aromatic rings. The van der Waals surface area contributed by atoms with E-state index in [1.165, 1.54) is 0 Å². The zero-order chi connectivity index (χ0) is 14.3. The van der Waals surface area contributed by atoms with Gasteiger partial charge >= 0.3 is 12.0 Å². The van der Waals surface area contributed by atoms with E-state index in [0.29, 0.717) is 18.8 Å². The Morgan fingerprint density at radius 3 is 2.74 bits per heavy atom. The van der Waals surface area contributed by atoms with Crippen LogP contribution in [0.3, 0.4) is 0 Å². The summed E-state index contributed by atoms with van der Waals surface area (Å²) in [5.74, 6) is -0.265. The molecule has 106 valence electrons. The van der Waals surface area contributed by atoms with Crippen LogP contribution in [0.15, 0.2) is 6.33 Å². The van der Waals surface area contributed by atoms with E-state index < -0.39 is 5.97 Å². The lowest BCUT2D eigenvalue weighted by atomic mass is 10.0. The molecule has 8 nitrogen and oxygen atoms in total. The lowest BCUT2D eigenvalue weighted by molar-refractivity contribution is -0.138. The number of hydrogen-bond acceptors (Lipinski definition) is 4. The molecule has 0 aliphatic heterocycles. The summed E-state index contributed by atoms with van der Waals surface area (Å²) in [4.78, 5) is 22.1. The number of urea groups is 1. The van der Waals surface area contributed by atoms with Crippen molar-refractivity contribution in [3.63, 3.8) is 0 Å². The second kappa shape index (κ2) is 7.34. The average molecular weight is 269 g/mol. The van der Waals surface area contributed by atoms with Gasteiger partial charge in [0.2, 0.25) is 0 Å². The maximum absolute atomic E-state index is 11.5. The Hall–Kier alpha value is -2.12. The first-order chi connectivity index (χ1) is 9.02. The number of aryl methyl sites for hydroxylation is 1. The summed E-state index contributed by atoms with van der Waals surface area (Å²) in [5, 5.41) is 21.5. The van der Waals surface area contributed by atoms with E-state index in [2.05, 4.69) is 20.8 Å². The van der Waals surface area contributed by atoms with E-state index in [1.807, 2.05) is 6.92 Å². The fraction of sp³-hybridized carbons (Fsp3) is 0.636. The molecule has 0 spiro atoms. The van der Waals surface area contributed by atoms with Crippen LogP contribution in [0.1, 0.15) is 25.6 Å². The number of aliphatic carboxylic acids is 1. The molecule has 1 heterocycles. The van der Waals surface area contributed by atoms with Gasteiger partial charge in [-0.1, -0.05) is 13.3 Å². The zero-order valence-corrected chi connectivity index (χ0v) is 11.1.